The first-order valence-electron chi connectivity index (χ1n) is 5.82. The topological polar surface area (TPSA) is 60.9 Å². The number of nitrogens with zero attached hydrogens (tertiary/aromatic N) is 1. The second-order valence-corrected chi connectivity index (χ2v) is 4.36. The molecule has 2 unspecified atom stereocenters. The number of aromatic nitrogens is 2. The quantitative estimate of drug-likeness (QED) is 0.720. The molecule has 2 atom stereocenters. The lowest BCUT2D eigenvalue weighted by Gasteiger charge is -2.29. The molecule has 0 fully saturated rings. The van der Waals surface area contributed by atoms with Crippen LogP contribution < -0.4 is 5.32 Å². The maximum atomic E-state index is 9.32. The smallest absolute Gasteiger partial charge is 0.0926 e. The van der Waals surface area contributed by atoms with Gasteiger partial charge in [0, 0.05) is 18.2 Å². The Hall–Kier alpha value is -1.65. The van der Waals surface area contributed by atoms with E-state index in [4.69, 9.17) is 0 Å². The molecule has 0 bridgehead atoms. The zero-order chi connectivity index (χ0) is 11.7. The van der Waals surface area contributed by atoms with Crippen molar-refractivity contribution in [2.24, 2.45) is 0 Å². The minimum atomic E-state index is 0.0725. The van der Waals surface area contributed by atoms with Gasteiger partial charge in [0.25, 0.3) is 0 Å². The third-order valence-electron chi connectivity index (χ3n) is 3.23. The minimum Gasteiger partial charge on any atom is -0.395 e. The van der Waals surface area contributed by atoms with Crippen LogP contribution in [0.4, 0.5) is 0 Å². The number of nitrogens with one attached hydrogen (secondary N) is 2. The highest BCUT2D eigenvalue weighted by Gasteiger charge is 2.28. The fourth-order valence-corrected chi connectivity index (χ4v) is 2.38. The molecule has 4 nitrogen and oxygen atoms in total. The Kier molecular flexibility index (Phi) is 2.66. The normalized spacial score (nSPS) is 23.4. The highest BCUT2D eigenvalue weighted by Crippen LogP contribution is 2.27. The molecule has 3 rings (SSSR count). The van der Waals surface area contributed by atoms with Crippen LogP contribution in [-0.2, 0) is 6.42 Å². The van der Waals surface area contributed by atoms with Crippen LogP contribution in [0.5, 0.6) is 0 Å². The summed E-state index contributed by atoms with van der Waals surface area (Å²) in [5.74, 6) is 0. The number of imidazole rings is 1. The predicted molar refractivity (Wildman–Crippen MR) is 64.6 cm³/mol. The van der Waals surface area contributed by atoms with Crippen LogP contribution in [0.25, 0.3) is 0 Å². The van der Waals surface area contributed by atoms with E-state index in [-0.39, 0.29) is 18.7 Å². The average Bonchev–Trinajstić information content (AvgIpc) is 2.86. The molecule has 1 aromatic carbocycles. The molecule has 1 aliphatic rings. The van der Waals surface area contributed by atoms with Crippen LogP contribution in [0.15, 0.2) is 36.7 Å². The number of hydrogen-bond acceptors (Lipinski definition) is 3. The number of H-pyrrole nitrogens is 1. The van der Waals surface area contributed by atoms with Gasteiger partial charge in [-0.1, -0.05) is 30.3 Å². The lowest BCUT2D eigenvalue weighted by Crippen LogP contribution is -2.42. The second-order valence-electron chi connectivity index (χ2n) is 4.36. The first-order valence-corrected chi connectivity index (χ1v) is 5.82. The summed E-state index contributed by atoms with van der Waals surface area (Å²) in [6.45, 7) is 0.141. The van der Waals surface area contributed by atoms with Crippen molar-refractivity contribution in [1.82, 2.24) is 15.3 Å². The average molecular weight is 229 g/mol. The second kappa shape index (κ2) is 4.31. The molecule has 4 heteroatoms. The van der Waals surface area contributed by atoms with Gasteiger partial charge in [0.15, 0.2) is 0 Å². The molecule has 0 spiro atoms. The van der Waals surface area contributed by atoms with Gasteiger partial charge in [-0.25, -0.2) is 4.98 Å². The summed E-state index contributed by atoms with van der Waals surface area (Å²) in [6, 6.07) is 10.4. The Morgan fingerprint density at radius 1 is 1.29 bits per heavy atom. The molecular weight excluding hydrogens is 214 g/mol. The highest BCUT2D eigenvalue weighted by molar-refractivity contribution is 5.32. The van der Waals surface area contributed by atoms with Gasteiger partial charge in [-0.15, -0.1) is 0 Å². The standard InChI is InChI=1S/C13H15N3O/c17-7-10-6-11-13(15-8-14-11)12(16-10)9-4-2-1-3-5-9/h1-5,8,10,12,16-17H,6-7H2,(H,14,15). The van der Waals surface area contributed by atoms with Crippen LogP contribution in [0.1, 0.15) is 23.0 Å². The molecule has 0 radical (unpaired) electrons. The van der Waals surface area contributed by atoms with E-state index in [1.807, 2.05) is 18.2 Å². The van der Waals surface area contributed by atoms with E-state index in [0.29, 0.717) is 0 Å². The number of benzene rings is 1. The fraction of sp³-hybridized carbons (Fsp3) is 0.308. The van der Waals surface area contributed by atoms with E-state index in [0.717, 1.165) is 17.8 Å². The first-order chi connectivity index (χ1) is 8.38. The minimum absolute atomic E-state index is 0.0725. The predicted octanol–water partition coefficient (Wildman–Crippen LogP) is 1.01. The van der Waals surface area contributed by atoms with Gasteiger partial charge in [0.1, 0.15) is 0 Å². The number of hydrogen-bond donors (Lipinski definition) is 3. The molecule has 2 aromatic rings. The number of aromatic amines is 1. The first kappa shape index (κ1) is 10.5. The SMILES string of the molecule is OCC1Cc2[nH]cnc2C(c2ccccc2)N1. The Bertz CT molecular complexity index is 494. The molecule has 2 heterocycles. The summed E-state index contributed by atoms with van der Waals surface area (Å²) in [5.41, 5.74) is 3.34. The van der Waals surface area contributed by atoms with Gasteiger partial charge in [-0.3, -0.25) is 5.32 Å². The van der Waals surface area contributed by atoms with E-state index in [9.17, 15) is 5.11 Å². The number of fused-ring (bicyclic) bond motifs is 1. The van der Waals surface area contributed by atoms with Crippen LogP contribution in [0.2, 0.25) is 0 Å². The molecule has 0 saturated heterocycles. The van der Waals surface area contributed by atoms with E-state index >= 15 is 0 Å². The van der Waals surface area contributed by atoms with Crippen molar-refractivity contribution >= 4 is 0 Å². The van der Waals surface area contributed by atoms with Gasteiger partial charge >= 0.3 is 0 Å². The number of rotatable bonds is 2. The van der Waals surface area contributed by atoms with E-state index < -0.39 is 0 Å². The van der Waals surface area contributed by atoms with Crippen molar-refractivity contribution < 1.29 is 5.11 Å². The van der Waals surface area contributed by atoms with Crippen molar-refractivity contribution in [3.63, 3.8) is 0 Å². The van der Waals surface area contributed by atoms with Crippen molar-refractivity contribution in [3.8, 4) is 0 Å². The molecule has 88 valence electrons. The van der Waals surface area contributed by atoms with Crippen LogP contribution in [0.3, 0.4) is 0 Å². The maximum Gasteiger partial charge on any atom is 0.0926 e. The van der Waals surface area contributed by atoms with E-state index in [1.165, 1.54) is 5.56 Å². The Labute approximate surface area is 99.7 Å². The Morgan fingerprint density at radius 3 is 2.88 bits per heavy atom. The molecule has 0 aliphatic carbocycles. The van der Waals surface area contributed by atoms with Gasteiger partial charge in [-0.05, 0) is 5.56 Å². The fourth-order valence-electron chi connectivity index (χ4n) is 2.38. The van der Waals surface area contributed by atoms with Gasteiger partial charge < -0.3 is 10.1 Å². The van der Waals surface area contributed by atoms with Gasteiger partial charge in [-0.2, -0.15) is 0 Å². The largest absolute Gasteiger partial charge is 0.395 e. The zero-order valence-corrected chi connectivity index (χ0v) is 9.43. The number of aliphatic hydroxyl groups excluding tert-OH is 1. The Balaban J connectivity index is 2.00. The molecule has 3 N–H and O–H groups in total. The Morgan fingerprint density at radius 2 is 2.12 bits per heavy atom. The third kappa shape index (κ3) is 1.85. The summed E-state index contributed by atoms with van der Waals surface area (Å²) in [7, 11) is 0. The van der Waals surface area contributed by atoms with Crippen molar-refractivity contribution in [3.05, 3.63) is 53.6 Å². The molecule has 0 saturated carbocycles. The van der Waals surface area contributed by atoms with Crippen molar-refractivity contribution in [2.45, 2.75) is 18.5 Å². The van der Waals surface area contributed by atoms with Gasteiger partial charge in [0.05, 0.1) is 24.7 Å². The molecule has 1 aromatic heterocycles. The summed E-state index contributed by atoms with van der Waals surface area (Å²) < 4.78 is 0. The summed E-state index contributed by atoms with van der Waals surface area (Å²) in [6.07, 6.45) is 2.53. The summed E-state index contributed by atoms with van der Waals surface area (Å²) in [4.78, 5) is 7.54. The molecule has 17 heavy (non-hydrogen) atoms. The highest BCUT2D eigenvalue weighted by atomic mass is 16.3. The maximum absolute atomic E-state index is 9.32. The van der Waals surface area contributed by atoms with Gasteiger partial charge in [0.2, 0.25) is 0 Å². The molecule has 1 aliphatic heterocycles. The third-order valence-corrected chi connectivity index (χ3v) is 3.23. The van der Waals surface area contributed by atoms with Crippen LogP contribution >= 0.6 is 0 Å². The van der Waals surface area contributed by atoms with Crippen LogP contribution in [-0.4, -0.2) is 27.7 Å². The molecule has 0 amide bonds. The van der Waals surface area contributed by atoms with Crippen molar-refractivity contribution in [2.75, 3.05) is 6.61 Å². The van der Waals surface area contributed by atoms with Crippen LogP contribution in [0, 0.1) is 0 Å². The van der Waals surface area contributed by atoms with E-state index in [2.05, 4.69) is 27.4 Å². The number of aliphatic hydroxyl groups is 1. The van der Waals surface area contributed by atoms with Crippen molar-refractivity contribution in [1.29, 1.82) is 0 Å². The van der Waals surface area contributed by atoms with E-state index in [1.54, 1.807) is 6.33 Å². The molecular formula is C13H15N3O. The zero-order valence-electron chi connectivity index (χ0n) is 9.43. The summed E-state index contributed by atoms with van der Waals surface area (Å²) in [5, 5.41) is 12.8. The lowest BCUT2D eigenvalue weighted by atomic mass is 9.94. The lowest BCUT2D eigenvalue weighted by molar-refractivity contribution is 0.227. The summed E-state index contributed by atoms with van der Waals surface area (Å²) >= 11 is 0. The monoisotopic (exact) mass is 229 g/mol.